The first-order valence-electron chi connectivity index (χ1n) is 7.19. The Morgan fingerprint density at radius 1 is 0.958 bits per heavy atom. The number of ketones is 1. The van der Waals surface area contributed by atoms with Gasteiger partial charge in [0.05, 0.1) is 11.7 Å². The normalized spacial score (nSPS) is 10.4. The predicted molar refractivity (Wildman–Crippen MR) is 89.8 cm³/mol. The predicted octanol–water partition coefficient (Wildman–Crippen LogP) is 2.34. The van der Waals surface area contributed by atoms with Gasteiger partial charge >= 0.3 is 11.8 Å². The van der Waals surface area contributed by atoms with Crippen LogP contribution in [0.5, 0.6) is 0 Å². The van der Waals surface area contributed by atoms with E-state index < -0.39 is 11.8 Å². The monoisotopic (exact) mass is 322 g/mol. The third-order valence-electron chi connectivity index (χ3n) is 3.43. The molecule has 7 heteroatoms. The Morgan fingerprint density at radius 2 is 1.67 bits per heavy atom. The minimum atomic E-state index is -0.819. The summed E-state index contributed by atoms with van der Waals surface area (Å²) in [6.45, 7) is 1.43. The first-order chi connectivity index (χ1) is 11.5. The maximum absolute atomic E-state index is 12.0. The zero-order valence-corrected chi connectivity index (χ0v) is 12.8. The number of carbonyl (C=O) groups excluding carboxylic acids is 3. The number of hydrogen-bond donors (Lipinski definition) is 3. The van der Waals surface area contributed by atoms with Gasteiger partial charge < -0.3 is 10.6 Å². The van der Waals surface area contributed by atoms with Gasteiger partial charge in [-0.2, -0.15) is 5.10 Å². The van der Waals surface area contributed by atoms with Crippen LogP contribution in [-0.2, 0) is 9.59 Å². The Morgan fingerprint density at radius 3 is 2.38 bits per heavy atom. The lowest BCUT2D eigenvalue weighted by Gasteiger charge is -2.07. The van der Waals surface area contributed by atoms with Gasteiger partial charge in [-0.1, -0.05) is 12.1 Å². The molecule has 7 nitrogen and oxygen atoms in total. The van der Waals surface area contributed by atoms with Crippen LogP contribution in [0.4, 0.5) is 11.4 Å². The molecular weight excluding hydrogens is 308 g/mol. The second kappa shape index (κ2) is 6.33. The van der Waals surface area contributed by atoms with E-state index in [0.717, 1.165) is 10.9 Å². The highest BCUT2D eigenvalue weighted by molar-refractivity contribution is 6.43. The molecule has 0 saturated carbocycles. The molecule has 0 aliphatic rings. The van der Waals surface area contributed by atoms with Gasteiger partial charge in [-0.25, -0.2) is 0 Å². The Kier molecular flexibility index (Phi) is 4.07. The second-order valence-electron chi connectivity index (χ2n) is 5.22. The van der Waals surface area contributed by atoms with Crippen molar-refractivity contribution in [3.05, 3.63) is 54.2 Å². The molecule has 0 saturated heterocycles. The fourth-order valence-electron chi connectivity index (χ4n) is 2.21. The number of amides is 2. The van der Waals surface area contributed by atoms with Gasteiger partial charge in [-0.3, -0.25) is 19.5 Å². The molecule has 0 bridgehead atoms. The molecule has 3 N–H and O–H groups in total. The number of H-pyrrole nitrogens is 1. The van der Waals surface area contributed by atoms with E-state index in [-0.39, 0.29) is 5.78 Å². The van der Waals surface area contributed by atoms with Crippen LogP contribution in [0.25, 0.3) is 10.9 Å². The smallest absolute Gasteiger partial charge is 0.314 e. The molecule has 3 rings (SSSR count). The summed E-state index contributed by atoms with van der Waals surface area (Å²) in [5, 5.41) is 12.6. The minimum Gasteiger partial charge on any atom is -0.318 e. The lowest BCUT2D eigenvalue weighted by atomic mass is 10.1. The summed E-state index contributed by atoms with van der Waals surface area (Å²) < 4.78 is 0. The average Bonchev–Trinajstić information content (AvgIpc) is 3.02. The van der Waals surface area contributed by atoms with E-state index in [0.29, 0.717) is 16.9 Å². The van der Waals surface area contributed by atoms with Crippen molar-refractivity contribution in [1.82, 2.24) is 10.2 Å². The Labute approximate surface area is 137 Å². The number of benzene rings is 2. The van der Waals surface area contributed by atoms with E-state index in [1.165, 1.54) is 13.0 Å². The number of fused-ring (bicyclic) bond motifs is 1. The van der Waals surface area contributed by atoms with Crippen molar-refractivity contribution < 1.29 is 14.4 Å². The van der Waals surface area contributed by atoms with Crippen LogP contribution in [0.3, 0.4) is 0 Å². The van der Waals surface area contributed by atoms with Crippen LogP contribution in [0.1, 0.15) is 17.3 Å². The van der Waals surface area contributed by atoms with Gasteiger partial charge in [0.1, 0.15) is 0 Å². The molecule has 0 atom stereocenters. The summed E-state index contributed by atoms with van der Waals surface area (Å²) in [5.74, 6) is -1.74. The second-order valence-corrected chi connectivity index (χ2v) is 5.22. The highest BCUT2D eigenvalue weighted by Gasteiger charge is 2.15. The van der Waals surface area contributed by atoms with E-state index in [2.05, 4.69) is 20.8 Å². The molecule has 0 aliphatic heterocycles. The molecule has 0 aliphatic carbocycles. The molecule has 24 heavy (non-hydrogen) atoms. The summed E-state index contributed by atoms with van der Waals surface area (Å²) in [6, 6.07) is 11.5. The first kappa shape index (κ1) is 15.4. The summed E-state index contributed by atoms with van der Waals surface area (Å²) in [5.41, 5.74) is 2.07. The van der Waals surface area contributed by atoms with E-state index in [9.17, 15) is 14.4 Å². The van der Waals surface area contributed by atoms with Crippen molar-refractivity contribution in [1.29, 1.82) is 0 Å². The van der Waals surface area contributed by atoms with Gasteiger partial charge in [-0.05, 0) is 37.3 Å². The van der Waals surface area contributed by atoms with Crippen molar-refractivity contribution >= 4 is 39.9 Å². The quantitative estimate of drug-likeness (QED) is 0.508. The average molecular weight is 322 g/mol. The minimum absolute atomic E-state index is 0.122. The number of Topliss-reactive ketones (excluding diaryl/α,β-unsaturated/α-hetero) is 1. The van der Waals surface area contributed by atoms with Crippen molar-refractivity contribution in [3.63, 3.8) is 0 Å². The maximum atomic E-state index is 12.0. The third kappa shape index (κ3) is 3.30. The number of aromatic amines is 1. The zero-order valence-electron chi connectivity index (χ0n) is 12.8. The molecular formula is C17H14N4O3. The molecule has 1 heterocycles. The van der Waals surface area contributed by atoms with Crippen LogP contribution in [-0.4, -0.2) is 27.8 Å². The van der Waals surface area contributed by atoms with E-state index in [1.807, 2.05) is 0 Å². The van der Waals surface area contributed by atoms with Crippen molar-refractivity contribution in [2.45, 2.75) is 6.92 Å². The molecule has 0 unspecified atom stereocenters. The van der Waals surface area contributed by atoms with Crippen molar-refractivity contribution in [3.8, 4) is 0 Å². The molecule has 2 aromatic carbocycles. The van der Waals surface area contributed by atoms with Crippen molar-refractivity contribution in [2.75, 3.05) is 10.6 Å². The summed E-state index contributed by atoms with van der Waals surface area (Å²) in [7, 11) is 0. The van der Waals surface area contributed by atoms with Gasteiger partial charge in [0.25, 0.3) is 0 Å². The molecule has 0 fully saturated rings. The van der Waals surface area contributed by atoms with Crippen LogP contribution in [0.2, 0.25) is 0 Å². The highest BCUT2D eigenvalue weighted by Crippen LogP contribution is 2.17. The zero-order chi connectivity index (χ0) is 17.1. The Balaban J connectivity index is 1.69. The summed E-state index contributed by atoms with van der Waals surface area (Å²) >= 11 is 0. The molecule has 120 valence electrons. The number of carbonyl (C=O) groups is 3. The van der Waals surface area contributed by atoms with Crippen LogP contribution >= 0.6 is 0 Å². The largest absolute Gasteiger partial charge is 0.318 e. The number of nitrogens with one attached hydrogen (secondary N) is 3. The lowest BCUT2D eigenvalue weighted by Crippen LogP contribution is -2.29. The van der Waals surface area contributed by atoms with Crippen LogP contribution in [0, 0.1) is 0 Å². The first-order valence-corrected chi connectivity index (χ1v) is 7.19. The fraction of sp³-hybridized carbons (Fsp3) is 0.0588. The SMILES string of the molecule is CC(=O)c1cccc(NC(=O)C(=O)Nc2ccc3cn[nH]c3c2)c1. The van der Waals surface area contributed by atoms with Gasteiger partial charge in [0.15, 0.2) is 5.78 Å². The molecule has 0 radical (unpaired) electrons. The lowest BCUT2D eigenvalue weighted by molar-refractivity contribution is -0.132. The number of nitrogens with zero attached hydrogens (tertiary/aromatic N) is 1. The topological polar surface area (TPSA) is 104 Å². The van der Waals surface area contributed by atoms with E-state index in [4.69, 9.17) is 0 Å². The Hall–Kier alpha value is -3.48. The van der Waals surface area contributed by atoms with E-state index in [1.54, 1.807) is 42.6 Å². The van der Waals surface area contributed by atoms with Gasteiger partial charge in [0, 0.05) is 22.3 Å². The maximum Gasteiger partial charge on any atom is 0.314 e. The highest BCUT2D eigenvalue weighted by atomic mass is 16.2. The van der Waals surface area contributed by atoms with Gasteiger partial charge in [-0.15, -0.1) is 0 Å². The number of anilines is 2. The molecule has 2 amide bonds. The standard InChI is InChI=1S/C17H14N4O3/c1-10(22)11-3-2-4-13(7-11)19-16(23)17(24)20-14-6-5-12-9-18-21-15(12)8-14/h2-9H,1H3,(H,18,21)(H,19,23)(H,20,24). The van der Waals surface area contributed by atoms with Crippen LogP contribution in [0.15, 0.2) is 48.7 Å². The number of aromatic nitrogens is 2. The van der Waals surface area contributed by atoms with Crippen LogP contribution < -0.4 is 10.6 Å². The van der Waals surface area contributed by atoms with Gasteiger partial charge in [0.2, 0.25) is 0 Å². The molecule has 3 aromatic rings. The van der Waals surface area contributed by atoms with E-state index >= 15 is 0 Å². The fourth-order valence-corrected chi connectivity index (χ4v) is 2.21. The number of rotatable bonds is 3. The molecule has 0 spiro atoms. The Bertz CT molecular complexity index is 946. The summed E-state index contributed by atoms with van der Waals surface area (Å²) in [4.78, 5) is 35.3. The number of hydrogen-bond acceptors (Lipinski definition) is 4. The third-order valence-corrected chi connectivity index (χ3v) is 3.43. The summed E-state index contributed by atoms with van der Waals surface area (Å²) in [6.07, 6.45) is 1.66. The molecule has 1 aromatic heterocycles. The van der Waals surface area contributed by atoms with Crippen molar-refractivity contribution in [2.24, 2.45) is 0 Å².